The van der Waals surface area contributed by atoms with Crippen LogP contribution in [0.3, 0.4) is 0 Å². The molecule has 1 N–H and O–H groups in total. The Bertz CT molecular complexity index is 505. The topological polar surface area (TPSA) is 52.7 Å². The van der Waals surface area contributed by atoms with E-state index < -0.39 is 0 Å². The zero-order valence-corrected chi connectivity index (χ0v) is 16.1. The van der Waals surface area contributed by atoms with Crippen LogP contribution in [-0.2, 0) is 9.59 Å². The molecule has 1 atom stereocenters. The van der Waals surface area contributed by atoms with Gasteiger partial charge in [-0.1, -0.05) is 19.3 Å². The number of hydrogen-bond acceptors (Lipinski definition) is 3. The minimum Gasteiger partial charge on any atom is -0.353 e. The van der Waals surface area contributed by atoms with Gasteiger partial charge in [-0.2, -0.15) is 0 Å². The molecule has 2 saturated carbocycles. The molecule has 26 heavy (non-hydrogen) atoms. The van der Waals surface area contributed by atoms with Gasteiger partial charge in [0.25, 0.3) is 0 Å². The number of amides is 2. The minimum absolute atomic E-state index is 0.172. The summed E-state index contributed by atoms with van der Waals surface area (Å²) >= 11 is 0. The molecule has 2 aliphatic heterocycles. The van der Waals surface area contributed by atoms with E-state index >= 15 is 0 Å². The summed E-state index contributed by atoms with van der Waals surface area (Å²) in [4.78, 5) is 29.8. The Balaban J connectivity index is 1.24. The van der Waals surface area contributed by atoms with E-state index in [1.165, 1.54) is 19.3 Å². The van der Waals surface area contributed by atoms with Crippen LogP contribution in [-0.4, -0.2) is 59.9 Å². The summed E-state index contributed by atoms with van der Waals surface area (Å²) in [6.07, 6.45) is 12.6. The molecule has 0 unspecified atom stereocenters. The monoisotopic (exact) mass is 361 g/mol. The molecule has 146 valence electrons. The fourth-order valence-electron chi connectivity index (χ4n) is 5.16. The van der Waals surface area contributed by atoms with Crippen LogP contribution in [0.5, 0.6) is 0 Å². The Morgan fingerprint density at radius 3 is 2.12 bits per heavy atom. The Kier molecular flexibility index (Phi) is 5.82. The summed E-state index contributed by atoms with van der Waals surface area (Å²) in [5.41, 5.74) is 0. The van der Waals surface area contributed by atoms with E-state index in [0.29, 0.717) is 23.9 Å². The van der Waals surface area contributed by atoms with Gasteiger partial charge in [-0.25, -0.2) is 0 Å². The molecule has 2 amide bonds. The molecule has 4 aliphatic rings. The molecule has 0 aromatic rings. The maximum atomic E-state index is 12.7. The second-order valence-corrected chi connectivity index (χ2v) is 9.01. The highest BCUT2D eigenvalue weighted by Gasteiger charge is 2.35. The fourth-order valence-corrected chi connectivity index (χ4v) is 5.16. The first kappa shape index (κ1) is 18.3. The lowest BCUT2D eigenvalue weighted by Crippen LogP contribution is -2.52. The van der Waals surface area contributed by atoms with Crippen molar-refractivity contribution in [3.05, 3.63) is 0 Å². The fraction of sp³-hybridized carbons (Fsp3) is 0.905. The second kappa shape index (κ2) is 8.28. The van der Waals surface area contributed by atoms with Crippen molar-refractivity contribution in [1.29, 1.82) is 0 Å². The largest absolute Gasteiger partial charge is 0.353 e. The summed E-state index contributed by atoms with van der Waals surface area (Å²) in [6.45, 7) is 3.86. The summed E-state index contributed by atoms with van der Waals surface area (Å²) < 4.78 is 0. The smallest absolute Gasteiger partial charge is 0.225 e. The van der Waals surface area contributed by atoms with E-state index in [4.69, 9.17) is 0 Å². The van der Waals surface area contributed by atoms with Gasteiger partial charge in [-0.15, -0.1) is 0 Å². The van der Waals surface area contributed by atoms with Crippen molar-refractivity contribution in [3.8, 4) is 0 Å². The van der Waals surface area contributed by atoms with Crippen molar-refractivity contribution in [2.24, 2.45) is 11.8 Å². The van der Waals surface area contributed by atoms with Crippen LogP contribution < -0.4 is 5.32 Å². The first-order valence-electron chi connectivity index (χ1n) is 11.0. The van der Waals surface area contributed by atoms with Crippen molar-refractivity contribution in [2.45, 2.75) is 82.7 Å². The van der Waals surface area contributed by atoms with Crippen LogP contribution in [0.25, 0.3) is 0 Å². The van der Waals surface area contributed by atoms with Crippen LogP contribution in [0.1, 0.15) is 70.6 Å². The van der Waals surface area contributed by atoms with Gasteiger partial charge < -0.3 is 10.2 Å². The SMILES string of the molecule is O=C(NC1CC1)[C@@H]1CCCN(C2CCN(C(=O)C3CCCCC3)CC2)C1. The average Bonchev–Trinajstić information content (AvgIpc) is 3.52. The molecule has 4 fully saturated rings. The van der Waals surface area contributed by atoms with Gasteiger partial charge in [0.05, 0.1) is 5.92 Å². The standard InChI is InChI=1S/C21H35N3O2/c25-20(22-18-8-9-18)17-7-4-12-24(15-17)19-10-13-23(14-11-19)21(26)16-5-2-1-3-6-16/h16-19H,1-15H2,(H,22,25)/t17-/m1/s1. The van der Waals surface area contributed by atoms with Gasteiger partial charge in [0.15, 0.2) is 0 Å². The number of rotatable bonds is 4. The third-order valence-electron chi connectivity index (χ3n) is 6.99. The van der Waals surface area contributed by atoms with Crippen LogP contribution >= 0.6 is 0 Å². The van der Waals surface area contributed by atoms with Crippen molar-refractivity contribution in [3.63, 3.8) is 0 Å². The molecule has 4 rings (SSSR count). The lowest BCUT2D eigenvalue weighted by molar-refractivity contribution is -0.138. The molecule has 2 aliphatic carbocycles. The van der Waals surface area contributed by atoms with Gasteiger partial charge >= 0.3 is 0 Å². The third kappa shape index (κ3) is 4.41. The average molecular weight is 362 g/mol. The Morgan fingerprint density at radius 1 is 0.731 bits per heavy atom. The number of piperidine rings is 2. The Labute approximate surface area is 157 Å². The van der Waals surface area contributed by atoms with Gasteiger partial charge in [0.1, 0.15) is 0 Å². The van der Waals surface area contributed by atoms with Crippen LogP contribution in [0.15, 0.2) is 0 Å². The predicted molar refractivity (Wildman–Crippen MR) is 102 cm³/mol. The number of hydrogen-bond donors (Lipinski definition) is 1. The molecule has 5 heteroatoms. The summed E-state index contributed by atoms with van der Waals surface area (Å²) in [5.74, 6) is 1.17. The lowest BCUT2D eigenvalue weighted by Gasteiger charge is -2.42. The Hall–Kier alpha value is -1.10. The minimum atomic E-state index is 0.172. The zero-order chi connectivity index (χ0) is 17.9. The molecule has 0 spiro atoms. The predicted octanol–water partition coefficient (Wildman–Crippen LogP) is 2.55. The Morgan fingerprint density at radius 2 is 1.42 bits per heavy atom. The molecule has 0 aromatic heterocycles. The summed E-state index contributed by atoms with van der Waals surface area (Å²) in [7, 11) is 0. The first-order chi connectivity index (χ1) is 12.7. The molecule has 2 saturated heterocycles. The maximum Gasteiger partial charge on any atom is 0.225 e. The molecule has 2 heterocycles. The van der Waals surface area contributed by atoms with Gasteiger partial charge in [0, 0.05) is 37.6 Å². The molecular formula is C21H35N3O2. The lowest BCUT2D eigenvalue weighted by atomic mass is 9.87. The zero-order valence-electron chi connectivity index (χ0n) is 16.1. The number of carbonyl (C=O) groups excluding carboxylic acids is 2. The van der Waals surface area contributed by atoms with E-state index in [1.54, 1.807) is 0 Å². The second-order valence-electron chi connectivity index (χ2n) is 9.01. The van der Waals surface area contributed by atoms with Crippen LogP contribution in [0, 0.1) is 11.8 Å². The van der Waals surface area contributed by atoms with Gasteiger partial charge in [-0.05, 0) is 57.9 Å². The summed E-state index contributed by atoms with van der Waals surface area (Å²) in [5, 5.41) is 3.19. The highest BCUT2D eigenvalue weighted by molar-refractivity contribution is 5.80. The van der Waals surface area contributed by atoms with Crippen molar-refractivity contribution < 1.29 is 9.59 Å². The highest BCUT2D eigenvalue weighted by Crippen LogP contribution is 2.29. The van der Waals surface area contributed by atoms with Gasteiger partial charge in [-0.3, -0.25) is 14.5 Å². The molecule has 5 nitrogen and oxygen atoms in total. The number of nitrogens with zero attached hydrogens (tertiary/aromatic N) is 2. The van der Waals surface area contributed by atoms with E-state index in [1.807, 2.05) is 0 Å². The van der Waals surface area contributed by atoms with E-state index in [-0.39, 0.29) is 11.8 Å². The molecule has 0 radical (unpaired) electrons. The molecular weight excluding hydrogens is 326 g/mol. The van der Waals surface area contributed by atoms with Gasteiger partial charge in [0.2, 0.25) is 11.8 Å². The first-order valence-corrected chi connectivity index (χ1v) is 11.0. The maximum absolute atomic E-state index is 12.7. The van der Waals surface area contributed by atoms with Crippen molar-refractivity contribution in [1.82, 2.24) is 15.1 Å². The van der Waals surface area contributed by atoms with E-state index in [0.717, 1.165) is 77.5 Å². The quantitative estimate of drug-likeness (QED) is 0.837. The number of carbonyl (C=O) groups is 2. The van der Waals surface area contributed by atoms with E-state index in [9.17, 15) is 9.59 Å². The highest BCUT2D eigenvalue weighted by atomic mass is 16.2. The van der Waals surface area contributed by atoms with Crippen molar-refractivity contribution in [2.75, 3.05) is 26.2 Å². The third-order valence-corrected chi connectivity index (χ3v) is 6.99. The molecule has 0 aromatic carbocycles. The normalized spacial score (nSPS) is 29.5. The summed E-state index contributed by atoms with van der Waals surface area (Å²) in [6, 6.07) is 1.02. The van der Waals surface area contributed by atoms with Crippen LogP contribution in [0.4, 0.5) is 0 Å². The van der Waals surface area contributed by atoms with Crippen LogP contribution in [0.2, 0.25) is 0 Å². The molecule has 0 bridgehead atoms. The van der Waals surface area contributed by atoms with E-state index in [2.05, 4.69) is 15.1 Å². The number of nitrogens with one attached hydrogen (secondary N) is 1. The van der Waals surface area contributed by atoms with Crippen molar-refractivity contribution >= 4 is 11.8 Å². The number of likely N-dealkylation sites (tertiary alicyclic amines) is 2.